The lowest BCUT2D eigenvalue weighted by Gasteiger charge is -2.48. The Labute approximate surface area is 91.2 Å². The Morgan fingerprint density at radius 3 is 2.33 bits per heavy atom. The summed E-state index contributed by atoms with van der Waals surface area (Å²) in [5, 5.41) is 9.93. The van der Waals surface area contributed by atoms with Gasteiger partial charge in [0.05, 0.1) is 19.7 Å². The van der Waals surface area contributed by atoms with Crippen LogP contribution in [-0.2, 0) is 4.74 Å². The van der Waals surface area contributed by atoms with Crippen LogP contribution in [0.1, 0.15) is 27.7 Å². The molecular weight excluding hydrogens is 194 g/mol. The second kappa shape index (κ2) is 4.39. The summed E-state index contributed by atoms with van der Waals surface area (Å²) >= 11 is 0. The zero-order chi connectivity index (χ0) is 11.6. The predicted molar refractivity (Wildman–Crippen MR) is 57.5 cm³/mol. The van der Waals surface area contributed by atoms with E-state index in [2.05, 4.69) is 0 Å². The highest BCUT2D eigenvalue weighted by Crippen LogP contribution is 2.28. The van der Waals surface area contributed by atoms with Crippen LogP contribution < -0.4 is 0 Å². The van der Waals surface area contributed by atoms with Crippen LogP contribution in [0.25, 0.3) is 0 Å². The average molecular weight is 215 g/mol. The van der Waals surface area contributed by atoms with Gasteiger partial charge in [0.1, 0.15) is 5.60 Å². The Bertz CT molecular complexity index is 232. The summed E-state index contributed by atoms with van der Waals surface area (Å²) in [6.07, 6.45) is -0.311. The zero-order valence-electron chi connectivity index (χ0n) is 9.99. The van der Waals surface area contributed by atoms with Crippen molar-refractivity contribution in [3.8, 4) is 0 Å². The van der Waals surface area contributed by atoms with Crippen LogP contribution in [0.3, 0.4) is 0 Å². The fraction of sp³-hybridized carbons (Fsp3) is 0.909. The van der Waals surface area contributed by atoms with E-state index in [0.29, 0.717) is 25.6 Å². The van der Waals surface area contributed by atoms with E-state index in [0.717, 1.165) is 0 Å². The zero-order valence-corrected chi connectivity index (χ0v) is 9.99. The van der Waals surface area contributed by atoms with Crippen LogP contribution >= 0.6 is 0 Å². The van der Waals surface area contributed by atoms with Gasteiger partial charge in [-0.15, -0.1) is 0 Å². The molecule has 1 rings (SSSR count). The molecule has 88 valence electrons. The quantitative estimate of drug-likeness (QED) is 0.775. The first-order valence-corrected chi connectivity index (χ1v) is 5.49. The SMILES string of the molecule is CC(C)COC(=O)N1CC(O)(C(C)C)C1. The Morgan fingerprint density at radius 1 is 1.40 bits per heavy atom. The largest absolute Gasteiger partial charge is 0.449 e. The number of carbonyl (C=O) groups excluding carboxylic acids is 1. The average Bonchev–Trinajstić information content (AvgIpc) is 2.08. The third-order valence-corrected chi connectivity index (χ3v) is 2.80. The van der Waals surface area contributed by atoms with Crippen molar-refractivity contribution in [3.05, 3.63) is 0 Å². The van der Waals surface area contributed by atoms with E-state index in [-0.39, 0.29) is 12.0 Å². The Kier molecular flexibility index (Phi) is 3.60. The highest BCUT2D eigenvalue weighted by molar-refractivity contribution is 5.69. The first-order valence-electron chi connectivity index (χ1n) is 5.49. The van der Waals surface area contributed by atoms with Crippen molar-refractivity contribution in [1.82, 2.24) is 4.90 Å². The summed E-state index contributed by atoms with van der Waals surface area (Å²) < 4.78 is 5.06. The second-order valence-electron chi connectivity index (χ2n) is 5.09. The van der Waals surface area contributed by atoms with Gasteiger partial charge in [-0.1, -0.05) is 27.7 Å². The molecule has 0 radical (unpaired) electrons. The molecule has 4 heteroatoms. The fourth-order valence-corrected chi connectivity index (χ4v) is 1.44. The van der Waals surface area contributed by atoms with Crippen LogP contribution in [0.5, 0.6) is 0 Å². The van der Waals surface area contributed by atoms with Gasteiger partial charge in [0.2, 0.25) is 0 Å². The number of hydrogen-bond acceptors (Lipinski definition) is 3. The molecular formula is C11H21NO3. The molecule has 0 unspecified atom stereocenters. The fourth-order valence-electron chi connectivity index (χ4n) is 1.44. The highest BCUT2D eigenvalue weighted by atomic mass is 16.6. The molecule has 1 saturated heterocycles. The molecule has 0 aromatic heterocycles. The number of aliphatic hydroxyl groups is 1. The maximum absolute atomic E-state index is 11.4. The van der Waals surface area contributed by atoms with E-state index >= 15 is 0 Å². The maximum Gasteiger partial charge on any atom is 0.409 e. The maximum atomic E-state index is 11.4. The number of amides is 1. The monoisotopic (exact) mass is 215 g/mol. The lowest BCUT2D eigenvalue weighted by molar-refractivity contribution is -0.118. The van der Waals surface area contributed by atoms with Crippen LogP contribution in [0.15, 0.2) is 0 Å². The van der Waals surface area contributed by atoms with E-state index < -0.39 is 5.60 Å². The van der Waals surface area contributed by atoms with Crippen molar-refractivity contribution in [2.24, 2.45) is 11.8 Å². The van der Waals surface area contributed by atoms with E-state index in [9.17, 15) is 9.90 Å². The molecule has 1 fully saturated rings. The molecule has 0 aromatic rings. The van der Waals surface area contributed by atoms with Crippen molar-refractivity contribution in [1.29, 1.82) is 0 Å². The van der Waals surface area contributed by atoms with Gasteiger partial charge in [0.25, 0.3) is 0 Å². The number of likely N-dealkylation sites (tertiary alicyclic amines) is 1. The lowest BCUT2D eigenvalue weighted by atomic mass is 9.83. The molecule has 0 bridgehead atoms. The molecule has 0 atom stereocenters. The lowest BCUT2D eigenvalue weighted by Crippen LogP contribution is -2.66. The van der Waals surface area contributed by atoms with Crippen LogP contribution in [-0.4, -0.2) is 41.4 Å². The summed E-state index contributed by atoms with van der Waals surface area (Å²) in [4.78, 5) is 13.0. The van der Waals surface area contributed by atoms with Gasteiger partial charge in [0.15, 0.2) is 0 Å². The number of carbonyl (C=O) groups is 1. The third kappa shape index (κ3) is 2.84. The van der Waals surface area contributed by atoms with Gasteiger partial charge < -0.3 is 14.7 Å². The second-order valence-corrected chi connectivity index (χ2v) is 5.09. The minimum absolute atomic E-state index is 0.173. The van der Waals surface area contributed by atoms with Crippen molar-refractivity contribution < 1.29 is 14.6 Å². The normalized spacial score (nSPS) is 19.3. The van der Waals surface area contributed by atoms with E-state index in [1.807, 2.05) is 27.7 Å². The highest BCUT2D eigenvalue weighted by Gasteiger charge is 2.46. The van der Waals surface area contributed by atoms with Gasteiger partial charge in [0, 0.05) is 0 Å². The summed E-state index contributed by atoms with van der Waals surface area (Å²) in [7, 11) is 0. The van der Waals surface area contributed by atoms with Gasteiger partial charge in [-0.2, -0.15) is 0 Å². The Balaban J connectivity index is 2.29. The summed E-state index contributed by atoms with van der Waals surface area (Å²) in [6, 6.07) is 0. The first-order chi connectivity index (χ1) is 6.85. The minimum Gasteiger partial charge on any atom is -0.449 e. The van der Waals surface area contributed by atoms with Crippen molar-refractivity contribution in [3.63, 3.8) is 0 Å². The van der Waals surface area contributed by atoms with Crippen LogP contribution in [0.2, 0.25) is 0 Å². The number of β-amino-alcohol motifs (C(OH)–C–C–N with tert-alkyl or cyclic N) is 1. The minimum atomic E-state index is -0.711. The Morgan fingerprint density at radius 2 is 1.93 bits per heavy atom. The predicted octanol–water partition coefficient (Wildman–Crippen LogP) is 1.48. The number of hydrogen-bond donors (Lipinski definition) is 1. The molecule has 1 N–H and O–H groups in total. The van der Waals surface area contributed by atoms with Crippen LogP contribution in [0.4, 0.5) is 4.79 Å². The molecule has 1 heterocycles. The number of nitrogens with zero attached hydrogens (tertiary/aromatic N) is 1. The summed E-state index contributed by atoms with van der Waals surface area (Å²) in [5.41, 5.74) is -0.711. The van der Waals surface area contributed by atoms with E-state index in [1.165, 1.54) is 0 Å². The molecule has 15 heavy (non-hydrogen) atoms. The van der Waals surface area contributed by atoms with Gasteiger partial charge >= 0.3 is 6.09 Å². The molecule has 4 nitrogen and oxygen atoms in total. The number of rotatable bonds is 3. The molecule has 1 aliphatic heterocycles. The van der Waals surface area contributed by atoms with Gasteiger partial charge in [-0.3, -0.25) is 0 Å². The third-order valence-electron chi connectivity index (χ3n) is 2.80. The van der Waals surface area contributed by atoms with E-state index in [1.54, 1.807) is 4.90 Å². The molecule has 0 aliphatic carbocycles. The topological polar surface area (TPSA) is 49.8 Å². The Hall–Kier alpha value is -0.770. The standard InChI is InChI=1S/C11H21NO3/c1-8(2)5-15-10(13)12-6-11(14,7-12)9(3)4/h8-9,14H,5-7H2,1-4H3. The molecule has 1 amide bonds. The van der Waals surface area contributed by atoms with Gasteiger partial charge in [-0.25, -0.2) is 4.79 Å². The molecule has 0 saturated carbocycles. The summed E-state index contributed by atoms with van der Waals surface area (Å²) in [5.74, 6) is 0.519. The summed E-state index contributed by atoms with van der Waals surface area (Å²) in [6.45, 7) is 9.12. The molecule has 0 spiro atoms. The first kappa shape index (κ1) is 12.3. The van der Waals surface area contributed by atoms with Gasteiger partial charge in [-0.05, 0) is 11.8 Å². The van der Waals surface area contributed by atoms with E-state index in [4.69, 9.17) is 4.74 Å². The number of ether oxygens (including phenoxy) is 1. The van der Waals surface area contributed by atoms with Crippen molar-refractivity contribution in [2.75, 3.05) is 19.7 Å². The van der Waals surface area contributed by atoms with Crippen LogP contribution in [0, 0.1) is 11.8 Å². The van der Waals surface area contributed by atoms with Crippen molar-refractivity contribution >= 4 is 6.09 Å². The molecule has 0 aromatic carbocycles. The van der Waals surface area contributed by atoms with Crippen molar-refractivity contribution in [2.45, 2.75) is 33.3 Å². The smallest absolute Gasteiger partial charge is 0.409 e. The molecule has 1 aliphatic rings.